The van der Waals surface area contributed by atoms with Crippen molar-refractivity contribution in [2.24, 2.45) is 5.73 Å². The third-order valence-corrected chi connectivity index (χ3v) is 1.79. The Morgan fingerprint density at radius 1 is 1.64 bits per heavy atom. The molecule has 0 fully saturated rings. The molecule has 0 rings (SSSR count). The number of unbranched alkanes of at least 4 members (excludes halogenated alkanes) is 2. The van der Waals surface area contributed by atoms with Gasteiger partial charge in [0, 0.05) is 0 Å². The zero-order valence-corrected chi connectivity index (χ0v) is 7.73. The Bertz CT molecular complexity index is 119. The average molecular weight is 176 g/mol. The normalized spacial score (nSPS) is 12.6. The summed E-state index contributed by atoms with van der Waals surface area (Å²) in [6.45, 7) is 2.12. The van der Waals surface area contributed by atoms with E-state index in [4.69, 9.17) is 5.73 Å². The molecular formula is C7H16N2OS. The lowest BCUT2D eigenvalue weighted by Crippen LogP contribution is -2.36. The van der Waals surface area contributed by atoms with E-state index in [-0.39, 0.29) is 11.9 Å². The summed E-state index contributed by atoms with van der Waals surface area (Å²) in [5.74, 6) is -0.190. The monoisotopic (exact) mass is 176 g/mol. The Kier molecular flexibility index (Phi) is 6.36. The van der Waals surface area contributed by atoms with Gasteiger partial charge in [0.2, 0.25) is 5.91 Å². The van der Waals surface area contributed by atoms with Crippen LogP contribution in [-0.2, 0) is 4.79 Å². The van der Waals surface area contributed by atoms with Crippen LogP contribution in [0.3, 0.4) is 0 Å². The number of thiol groups is 1. The molecule has 66 valence electrons. The van der Waals surface area contributed by atoms with Crippen LogP contribution in [0.15, 0.2) is 0 Å². The lowest BCUT2D eigenvalue weighted by Gasteiger charge is -2.07. The van der Waals surface area contributed by atoms with Crippen molar-refractivity contribution in [2.75, 3.05) is 0 Å². The van der Waals surface area contributed by atoms with E-state index in [0.717, 1.165) is 25.7 Å². The molecule has 0 aromatic heterocycles. The zero-order chi connectivity index (χ0) is 8.69. The molecule has 0 aliphatic carbocycles. The number of rotatable bonds is 5. The SMILES string of the molecule is CCCCC[C@H](N)C(=O)NS. The minimum atomic E-state index is -0.390. The Morgan fingerprint density at radius 3 is 2.73 bits per heavy atom. The molecule has 0 heterocycles. The molecule has 0 bridgehead atoms. The molecule has 0 saturated heterocycles. The highest BCUT2D eigenvalue weighted by Crippen LogP contribution is 2.01. The van der Waals surface area contributed by atoms with Gasteiger partial charge in [-0.05, 0) is 6.42 Å². The van der Waals surface area contributed by atoms with Gasteiger partial charge in [-0.25, -0.2) is 0 Å². The molecule has 4 heteroatoms. The molecule has 0 radical (unpaired) electrons. The first-order chi connectivity index (χ1) is 5.22. The van der Waals surface area contributed by atoms with Gasteiger partial charge in [-0.3, -0.25) is 4.79 Å². The van der Waals surface area contributed by atoms with E-state index in [1.54, 1.807) is 0 Å². The summed E-state index contributed by atoms with van der Waals surface area (Å²) in [7, 11) is 0. The van der Waals surface area contributed by atoms with Crippen molar-refractivity contribution >= 4 is 18.7 Å². The third-order valence-electron chi connectivity index (χ3n) is 1.57. The van der Waals surface area contributed by atoms with E-state index in [0.29, 0.717) is 0 Å². The fraction of sp³-hybridized carbons (Fsp3) is 0.857. The average Bonchev–Trinajstić information content (AvgIpc) is 2.03. The van der Waals surface area contributed by atoms with Crippen LogP contribution in [0.1, 0.15) is 32.6 Å². The van der Waals surface area contributed by atoms with Crippen LogP contribution in [0, 0.1) is 0 Å². The Hall–Kier alpha value is -0.220. The van der Waals surface area contributed by atoms with E-state index in [2.05, 4.69) is 24.5 Å². The molecule has 1 amide bonds. The summed E-state index contributed by atoms with van der Waals surface area (Å²) in [5, 5.41) is 0. The molecule has 11 heavy (non-hydrogen) atoms. The molecule has 0 saturated carbocycles. The molecule has 0 aromatic carbocycles. The number of nitrogens with one attached hydrogen (secondary N) is 1. The summed E-state index contributed by atoms with van der Waals surface area (Å²) in [6.07, 6.45) is 4.04. The standard InChI is InChI=1S/C7H16N2OS/c1-2-3-4-5-6(8)7(10)9-11/h6,11H,2-5,8H2,1H3,(H,9,10)/t6-/m0/s1. The van der Waals surface area contributed by atoms with Crippen molar-refractivity contribution in [2.45, 2.75) is 38.6 Å². The summed E-state index contributed by atoms with van der Waals surface area (Å²) in [6, 6.07) is -0.390. The lowest BCUT2D eigenvalue weighted by atomic mass is 10.1. The maximum Gasteiger partial charge on any atom is 0.246 e. The topological polar surface area (TPSA) is 55.1 Å². The number of carbonyl (C=O) groups is 1. The highest BCUT2D eigenvalue weighted by Gasteiger charge is 2.09. The van der Waals surface area contributed by atoms with Crippen LogP contribution >= 0.6 is 12.8 Å². The summed E-state index contributed by atoms with van der Waals surface area (Å²) in [4.78, 5) is 10.8. The van der Waals surface area contributed by atoms with Gasteiger partial charge < -0.3 is 10.5 Å². The highest BCUT2D eigenvalue weighted by atomic mass is 32.1. The number of hydrogen-bond acceptors (Lipinski definition) is 3. The first-order valence-corrected chi connectivity index (χ1v) is 4.36. The zero-order valence-electron chi connectivity index (χ0n) is 6.84. The summed E-state index contributed by atoms with van der Waals surface area (Å²) >= 11 is 3.62. The second-order valence-corrected chi connectivity index (χ2v) is 2.80. The molecule has 1 atom stereocenters. The first kappa shape index (κ1) is 10.8. The maximum absolute atomic E-state index is 10.8. The fourth-order valence-corrected chi connectivity index (χ4v) is 0.994. The maximum atomic E-state index is 10.8. The van der Waals surface area contributed by atoms with Gasteiger partial charge in [-0.1, -0.05) is 39.0 Å². The summed E-state index contributed by atoms with van der Waals surface area (Å²) < 4.78 is 2.22. The summed E-state index contributed by atoms with van der Waals surface area (Å²) in [5.41, 5.74) is 5.51. The lowest BCUT2D eigenvalue weighted by molar-refractivity contribution is -0.120. The predicted octanol–water partition coefficient (Wildman–Crippen LogP) is 0.855. The minimum absolute atomic E-state index is 0.190. The molecule has 0 aromatic rings. The number of carbonyl (C=O) groups excluding carboxylic acids is 1. The molecule has 0 unspecified atom stereocenters. The van der Waals surface area contributed by atoms with Crippen LogP contribution in [0.5, 0.6) is 0 Å². The van der Waals surface area contributed by atoms with Gasteiger partial charge in [0.05, 0.1) is 6.04 Å². The molecule has 3 N–H and O–H groups in total. The van der Waals surface area contributed by atoms with Crippen molar-refractivity contribution in [3.05, 3.63) is 0 Å². The van der Waals surface area contributed by atoms with Gasteiger partial charge in [-0.2, -0.15) is 0 Å². The third kappa shape index (κ3) is 5.09. The van der Waals surface area contributed by atoms with Crippen molar-refractivity contribution in [3.8, 4) is 0 Å². The van der Waals surface area contributed by atoms with E-state index in [9.17, 15) is 4.79 Å². The second kappa shape index (κ2) is 6.49. The minimum Gasteiger partial charge on any atom is -0.320 e. The highest BCUT2D eigenvalue weighted by molar-refractivity contribution is 7.78. The van der Waals surface area contributed by atoms with Crippen molar-refractivity contribution in [1.82, 2.24) is 4.72 Å². The van der Waals surface area contributed by atoms with E-state index < -0.39 is 0 Å². The molecular weight excluding hydrogens is 160 g/mol. The number of hydrogen-bond donors (Lipinski definition) is 3. The Balaban J connectivity index is 3.36. The van der Waals surface area contributed by atoms with Crippen molar-refractivity contribution < 1.29 is 4.79 Å². The fourth-order valence-electron chi connectivity index (χ4n) is 0.828. The quantitative estimate of drug-likeness (QED) is 0.430. The van der Waals surface area contributed by atoms with Gasteiger partial charge in [0.25, 0.3) is 0 Å². The van der Waals surface area contributed by atoms with Crippen LogP contribution in [0.2, 0.25) is 0 Å². The van der Waals surface area contributed by atoms with Crippen LogP contribution < -0.4 is 10.5 Å². The molecule has 3 nitrogen and oxygen atoms in total. The Labute approximate surface area is 73.3 Å². The van der Waals surface area contributed by atoms with Gasteiger partial charge in [0.1, 0.15) is 0 Å². The van der Waals surface area contributed by atoms with Crippen LogP contribution in [0.25, 0.3) is 0 Å². The number of nitrogens with two attached hydrogens (primary N) is 1. The molecule has 0 aliphatic rings. The van der Waals surface area contributed by atoms with Crippen LogP contribution in [0.4, 0.5) is 0 Å². The molecule has 0 aliphatic heterocycles. The van der Waals surface area contributed by atoms with E-state index in [1.807, 2.05) is 0 Å². The van der Waals surface area contributed by atoms with Gasteiger partial charge in [0.15, 0.2) is 0 Å². The van der Waals surface area contributed by atoms with E-state index >= 15 is 0 Å². The second-order valence-electron chi connectivity index (χ2n) is 2.58. The van der Waals surface area contributed by atoms with Crippen molar-refractivity contribution in [3.63, 3.8) is 0 Å². The number of amides is 1. The molecule has 0 spiro atoms. The largest absolute Gasteiger partial charge is 0.320 e. The van der Waals surface area contributed by atoms with Gasteiger partial charge in [-0.15, -0.1) is 0 Å². The van der Waals surface area contributed by atoms with Gasteiger partial charge >= 0.3 is 0 Å². The van der Waals surface area contributed by atoms with Crippen LogP contribution in [-0.4, -0.2) is 11.9 Å². The predicted molar refractivity (Wildman–Crippen MR) is 49.2 cm³/mol. The first-order valence-electron chi connectivity index (χ1n) is 3.92. The smallest absolute Gasteiger partial charge is 0.246 e. The van der Waals surface area contributed by atoms with E-state index in [1.165, 1.54) is 0 Å². The van der Waals surface area contributed by atoms with Crippen molar-refractivity contribution in [1.29, 1.82) is 0 Å². The Morgan fingerprint density at radius 2 is 2.27 bits per heavy atom.